The third kappa shape index (κ3) is 3.01. The zero-order valence-corrected chi connectivity index (χ0v) is 10.6. The molecule has 0 spiro atoms. The van der Waals surface area contributed by atoms with Crippen molar-refractivity contribution in [3.05, 3.63) is 35.7 Å². The topological polar surface area (TPSA) is 103 Å². The van der Waals surface area contributed by atoms with E-state index in [1.807, 2.05) is 31.2 Å². The quantitative estimate of drug-likeness (QED) is 0.376. The first-order valence-electron chi connectivity index (χ1n) is 5.24. The van der Waals surface area contributed by atoms with E-state index in [2.05, 4.69) is 15.3 Å². The predicted octanol–water partition coefficient (Wildman–Crippen LogP) is 1.47. The standard InChI is InChI=1S/C11H13N5OS/c1-7-2-4-8(5-3-7)10-16-15-9(17-10)6-18-11(12)14-13/h2-5H,6,13H2,1H3,(H2,12,14). The van der Waals surface area contributed by atoms with Crippen LogP contribution in [0.4, 0.5) is 0 Å². The van der Waals surface area contributed by atoms with Crippen molar-refractivity contribution in [2.24, 2.45) is 16.7 Å². The number of aryl methyl sites for hydroxylation is 1. The molecule has 0 saturated heterocycles. The number of hydrogen-bond acceptors (Lipinski definition) is 6. The number of nitrogens with zero attached hydrogens (tertiary/aromatic N) is 3. The molecule has 0 amide bonds. The highest BCUT2D eigenvalue weighted by molar-refractivity contribution is 8.13. The number of hydrogen-bond donors (Lipinski definition) is 2. The van der Waals surface area contributed by atoms with Crippen molar-refractivity contribution in [2.45, 2.75) is 12.7 Å². The van der Waals surface area contributed by atoms with Crippen molar-refractivity contribution < 1.29 is 4.42 Å². The fraction of sp³-hybridized carbons (Fsp3) is 0.182. The molecule has 1 aromatic heterocycles. The van der Waals surface area contributed by atoms with E-state index in [1.54, 1.807) is 0 Å². The molecule has 0 saturated carbocycles. The smallest absolute Gasteiger partial charge is 0.247 e. The largest absolute Gasteiger partial charge is 0.420 e. The monoisotopic (exact) mass is 263 g/mol. The van der Waals surface area contributed by atoms with Gasteiger partial charge in [0.25, 0.3) is 0 Å². The molecule has 18 heavy (non-hydrogen) atoms. The van der Waals surface area contributed by atoms with Gasteiger partial charge in [-0.2, -0.15) is 5.10 Å². The number of amidine groups is 1. The van der Waals surface area contributed by atoms with Crippen molar-refractivity contribution in [3.63, 3.8) is 0 Å². The van der Waals surface area contributed by atoms with Crippen LogP contribution < -0.4 is 11.6 Å². The number of hydrazone groups is 1. The van der Waals surface area contributed by atoms with E-state index in [-0.39, 0.29) is 5.17 Å². The van der Waals surface area contributed by atoms with Crippen LogP contribution in [0.5, 0.6) is 0 Å². The van der Waals surface area contributed by atoms with Crippen LogP contribution in [0.3, 0.4) is 0 Å². The molecule has 7 heteroatoms. The summed E-state index contributed by atoms with van der Waals surface area (Å²) in [5, 5.41) is 11.5. The molecular formula is C11H13N5OS. The minimum atomic E-state index is 0.282. The fourth-order valence-electron chi connectivity index (χ4n) is 1.30. The van der Waals surface area contributed by atoms with Crippen LogP contribution >= 0.6 is 11.8 Å². The maximum absolute atomic E-state index is 5.51. The fourth-order valence-corrected chi connectivity index (χ4v) is 1.76. The molecule has 0 aliphatic carbocycles. The average molecular weight is 263 g/mol. The van der Waals surface area contributed by atoms with Gasteiger partial charge in [0.05, 0.1) is 5.75 Å². The minimum absolute atomic E-state index is 0.282. The second-order valence-corrected chi connectivity index (χ2v) is 4.62. The first-order valence-corrected chi connectivity index (χ1v) is 6.23. The van der Waals surface area contributed by atoms with Crippen LogP contribution in [0.1, 0.15) is 11.5 Å². The van der Waals surface area contributed by atoms with Crippen LogP contribution in [0.2, 0.25) is 0 Å². The molecule has 0 radical (unpaired) electrons. The molecule has 1 aromatic carbocycles. The normalized spacial score (nSPS) is 11.7. The van der Waals surface area contributed by atoms with Gasteiger partial charge in [-0.3, -0.25) is 0 Å². The van der Waals surface area contributed by atoms with Crippen molar-refractivity contribution >= 4 is 16.9 Å². The molecule has 2 aromatic rings. The van der Waals surface area contributed by atoms with Crippen molar-refractivity contribution in [1.82, 2.24) is 10.2 Å². The molecule has 0 aliphatic rings. The molecule has 0 unspecified atom stereocenters. The summed E-state index contributed by atoms with van der Waals surface area (Å²) in [6.45, 7) is 2.02. The Morgan fingerprint density at radius 3 is 2.72 bits per heavy atom. The average Bonchev–Trinajstić information content (AvgIpc) is 2.85. The van der Waals surface area contributed by atoms with Gasteiger partial charge in [-0.05, 0) is 19.1 Å². The van der Waals surface area contributed by atoms with E-state index in [9.17, 15) is 0 Å². The van der Waals surface area contributed by atoms with E-state index in [0.29, 0.717) is 17.5 Å². The van der Waals surface area contributed by atoms with Gasteiger partial charge < -0.3 is 16.0 Å². The number of rotatable bonds is 3. The second kappa shape index (κ2) is 5.54. The summed E-state index contributed by atoms with van der Waals surface area (Å²) in [5.74, 6) is 6.45. The number of aromatic nitrogens is 2. The van der Waals surface area contributed by atoms with E-state index in [1.165, 1.54) is 17.3 Å². The summed E-state index contributed by atoms with van der Waals surface area (Å²) in [6, 6.07) is 7.87. The lowest BCUT2D eigenvalue weighted by molar-refractivity contribution is 0.529. The van der Waals surface area contributed by atoms with Gasteiger partial charge in [0.2, 0.25) is 11.8 Å². The maximum atomic E-state index is 5.51. The van der Waals surface area contributed by atoms with E-state index >= 15 is 0 Å². The summed E-state index contributed by atoms with van der Waals surface area (Å²) in [7, 11) is 0. The molecule has 94 valence electrons. The van der Waals surface area contributed by atoms with E-state index < -0.39 is 0 Å². The van der Waals surface area contributed by atoms with Gasteiger partial charge in [-0.15, -0.1) is 10.2 Å². The zero-order valence-electron chi connectivity index (χ0n) is 9.83. The predicted molar refractivity (Wildman–Crippen MR) is 71.6 cm³/mol. The maximum Gasteiger partial charge on any atom is 0.247 e. The summed E-state index contributed by atoms with van der Waals surface area (Å²) < 4.78 is 5.51. The Morgan fingerprint density at radius 1 is 1.33 bits per heavy atom. The number of thioether (sulfide) groups is 1. The van der Waals surface area contributed by atoms with Crippen LogP contribution in [0.25, 0.3) is 11.5 Å². The molecule has 6 nitrogen and oxygen atoms in total. The molecule has 4 N–H and O–H groups in total. The van der Waals surface area contributed by atoms with Gasteiger partial charge in [-0.25, -0.2) is 0 Å². The Balaban J connectivity index is 2.08. The lowest BCUT2D eigenvalue weighted by Gasteiger charge is -1.96. The number of benzene rings is 1. The Kier molecular flexibility index (Phi) is 3.83. The second-order valence-electron chi connectivity index (χ2n) is 3.62. The molecule has 0 bridgehead atoms. The molecule has 0 aliphatic heterocycles. The summed E-state index contributed by atoms with van der Waals surface area (Å²) >= 11 is 1.25. The lowest BCUT2D eigenvalue weighted by atomic mass is 10.1. The third-order valence-corrected chi connectivity index (χ3v) is 3.03. The van der Waals surface area contributed by atoms with Gasteiger partial charge in [0, 0.05) is 5.56 Å². The Labute approximate surface area is 108 Å². The van der Waals surface area contributed by atoms with Crippen LogP contribution in [-0.2, 0) is 5.75 Å². The van der Waals surface area contributed by atoms with Gasteiger partial charge >= 0.3 is 0 Å². The van der Waals surface area contributed by atoms with Crippen LogP contribution in [-0.4, -0.2) is 15.4 Å². The number of nitrogens with two attached hydrogens (primary N) is 2. The van der Waals surface area contributed by atoms with Crippen LogP contribution in [0.15, 0.2) is 33.8 Å². The van der Waals surface area contributed by atoms with Crippen molar-refractivity contribution in [3.8, 4) is 11.5 Å². The minimum Gasteiger partial charge on any atom is -0.420 e. The van der Waals surface area contributed by atoms with Crippen LogP contribution in [0, 0.1) is 6.92 Å². The van der Waals surface area contributed by atoms with Gasteiger partial charge in [0.1, 0.15) is 0 Å². The first kappa shape index (κ1) is 12.4. The van der Waals surface area contributed by atoms with Gasteiger partial charge in [-0.1, -0.05) is 29.5 Å². The SMILES string of the molecule is Cc1ccc(-c2nnc(CSC(N)=NN)o2)cc1. The van der Waals surface area contributed by atoms with E-state index in [0.717, 1.165) is 5.56 Å². The highest BCUT2D eigenvalue weighted by Crippen LogP contribution is 2.20. The van der Waals surface area contributed by atoms with E-state index in [4.69, 9.17) is 16.0 Å². The van der Waals surface area contributed by atoms with Gasteiger partial charge in [0.15, 0.2) is 5.17 Å². The summed E-state index contributed by atoms with van der Waals surface area (Å²) in [6.07, 6.45) is 0. The third-order valence-electron chi connectivity index (χ3n) is 2.24. The lowest BCUT2D eigenvalue weighted by Crippen LogP contribution is -2.09. The highest BCUT2D eigenvalue weighted by atomic mass is 32.2. The Morgan fingerprint density at radius 2 is 2.06 bits per heavy atom. The molecule has 2 rings (SSSR count). The molecular weight excluding hydrogens is 250 g/mol. The highest BCUT2D eigenvalue weighted by Gasteiger charge is 2.08. The molecule has 0 fully saturated rings. The Bertz CT molecular complexity index is 549. The molecule has 0 atom stereocenters. The molecule has 1 heterocycles. The summed E-state index contributed by atoms with van der Waals surface area (Å²) in [5.41, 5.74) is 7.53. The summed E-state index contributed by atoms with van der Waals surface area (Å²) in [4.78, 5) is 0. The van der Waals surface area contributed by atoms with Crippen molar-refractivity contribution in [2.75, 3.05) is 0 Å². The zero-order chi connectivity index (χ0) is 13.0. The Hall–Kier alpha value is -2.02. The first-order chi connectivity index (χ1) is 8.69. The van der Waals surface area contributed by atoms with Crippen molar-refractivity contribution in [1.29, 1.82) is 0 Å².